The number of nitrogens with zero attached hydrogens (tertiary/aromatic N) is 3. The molecule has 102 valence electrons. The molecule has 0 aromatic carbocycles. The maximum atomic E-state index is 12.0. The van der Waals surface area contributed by atoms with E-state index in [9.17, 15) is 8.42 Å². The maximum Gasteiger partial charge on any atom is 0.266 e. The minimum atomic E-state index is -3.64. The Balaban J connectivity index is 0.00000200. The first-order valence-electron chi connectivity index (χ1n) is 5.52. The van der Waals surface area contributed by atoms with Crippen LogP contribution in [0, 0.1) is 0 Å². The number of aromatic nitrogens is 3. The fourth-order valence-electron chi connectivity index (χ4n) is 1.44. The van der Waals surface area contributed by atoms with Gasteiger partial charge in [0.05, 0.1) is 6.20 Å². The number of pyridine rings is 1. The van der Waals surface area contributed by atoms with E-state index in [4.69, 9.17) is 0 Å². The van der Waals surface area contributed by atoms with Gasteiger partial charge in [0.15, 0.2) is 0 Å². The van der Waals surface area contributed by atoms with Crippen molar-refractivity contribution in [3.63, 3.8) is 0 Å². The van der Waals surface area contributed by atoms with E-state index in [1.165, 1.54) is 17.1 Å². The van der Waals surface area contributed by atoms with Crippen molar-refractivity contribution in [2.45, 2.75) is 11.8 Å². The Bertz CT molecular complexity index is 707. The highest BCUT2D eigenvalue weighted by molar-refractivity contribution is 7.92. The molecule has 0 saturated carbocycles. The molecule has 0 aliphatic rings. The minimum Gasteiger partial charge on any atom is -0.274 e. The first-order chi connectivity index (χ1) is 8.88. The lowest BCUT2D eigenvalue weighted by atomic mass is 10.1. The second-order valence-corrected chi connectivity index (χ2v) is 5.85. The quantitative estimate of drug-likeness (QED) is 0.928. The summed E-state index contributed by atoms with van der Waals surface area (Å²) in [7, 11) is -1.99. The second-order valence-electron chi connectivity index (χ2n) is 4.17. The number of sulfonamides is 1. The van der Waals surface area contributed by atoms with Gasteiger partial charge in [-0.2, -0.15) is 5.10 Å². The summed E-state index contributed by atoms with van der Waals surface area (Å²) in [5.41, 5.74) is 1.73. The first-order valence-corrected chi connectivity index (χ1v) is 7.00. The summed E-state index contributed by atoms with van der Waals surface area (Å²) in [6, 6.07) is 3.36. The van der Waals surface area contributed by atoms with Crippen molar-refractivity contribution in [3.8, 4) is 0 Å². The first kappa shape index (κ1) is 13.3. The number of nitrogens with one attached hydrogen (secondary N) is 1. The highest BCUT2D eigenvalue weighted by Gasteiger charge is 2.16. The molecule has 0 saturated heterocycles. The minimum absolute atomic E-state index is 0. The van der Waals surface area contributed by atoms with Crippen LogP contribution in [0.3, 0.4) is 0 Å². The molecule has 0 aliphatic heterocycles. The van der Waals surface area contributed by atoms with Crippen LogP contribution in [0.4, 0.5) is 5.82 Å². The molecule has 2 rings (SSSR count). The van der Waals surface area contributed by atoms with E-state index in [0.717, 1.165) is 11.1 Å². The van der Waals surface area contributed by atoms with Crippen molar-refractivity contribution in [1.29, 1.82) is 0 Å². The summed E-state index contributed by atoms with van der Waals surface area (Å²) in [6.45, 7) is 5.65. The Morgan fingerprint density at radius 3 is 2.63 bits per heavy atom. The molecule has 1 N–H and O–H groups in total. The third-order valence-corrected chi connectivity index (χ3v) is 3.80. The van der Waals surface area contributed by atoms with Crippen LogP contribution in [-0.4, -0.2) is 23.2 Å². The summed E-state index contributed by atoms with van der Waals surface area (Å²) in [4.78, 5) is 4.14. The monoisotopic (exact) mass is 280 g/mol. The third kappa shape index (κ3) is 3.00. The van der Waals surface area contributed by atoms with Crippen LogP contribution in [0.5, 0.6) is 0 Å². The molecule has 6 nitrogen and oxygen atoms in total. The summed E-state index contributed by atoms with van der Waals surface area (Å²) >= 11 is 0. The lowest BCUT2D eigenvalue weighted by molar-refractivity contribution is 0.601. The van der Waals surface area contributed by atoms with Gasteiger partial charge in [0.25, 0.3) is 10.0 Å². The number of rotatable bonds is 4. The molecule has 19 heavy (non-hydrogen) atoms. The predicted octanol–water partition coefficient (Wildman–Crippen LogP) is 1.90. The highest BCUT2D eigenvalue weighted by atomic mass is 32.2. The van der Waals surface area contributed by atoms with E-state index in [2.05, 4.69) is 21.4 Å². The molecule has 2 aromatic heterocycles. The van der Waals surface area contributed by atoms with Crippen molar-refractivity contribution in [3.05, 3.63) is 42.9 Å². The lowest BCUT2D eigenvalue weighted by Crippen LogP contribution is -2.13. The summed E-state index contributed by atoms with van der Waals surface area (Å²) in [5, 5.41) is 3.83. The Labute approximate surface area is 113 Å². The van der Waals surface area contributed by atoms with Crippen LogP contribution in [-0.2, 0) is 17.1 Å². The second kappa shape index (κ2) is 4.85. The summed E-state index contributed by atoms with van der Waals surface area (Å²) in [6.07, 6.45) is 4.28. The average molecular weight is 280 g/mol. The number of hydrogen-bond acceptors (Lipinski definition) is 4. The number of allylic oxidation sites excluding steroid dienone is 1. The molecule has 0 spiro atoms. The molecular weight excluding hydrogens is 264 g/mol. The van der Waals surface area contributed by atoms with Crippen molar-refractivity contribution in [2.24, 2.45) is 7.05 Å². The van der Waals surface area contributed by atoms with Crippen molar-refractivity contribution in [1.82, 2.24) is 14.8 Å². The van der Waals surface area contributed by atoms with E-state index in [1.54, 1.807) is 25.4 Å². The zero-order valence-corrected chi connectivity index (χ0v) is 11.5. The van der Waals surface area contributed by atoms with E-state index < -0.39 is 10.0 Å². The molecule has 0 amide bonds. The van der Waals surface area contributed by atoms with Crippen LogP contribution in [0.1, 0.15) is 13.9 Å². The number of anilines is 1. The van der Waals surface area contributed by atoms with Crippen molar-refractivity contribution >= 4 is 21.4 Å². The summed E-state index contributed by atoms with van der Waals surface area (Å²) in [5.74, 6) is 0.258. The molecule has 2 heterocycles. The van der Waals surface area contributed by atoms with Gasteiger partial charge < -0.3 is 0 Å². The SMILES string of the molecule is C=C(C)c1ccc(NS(=O)(=O)c2cnn(C)c2)nc1.[HH]. The van der Waals surface area contributed by atoms with Gasteiger partial charge in [-0.25, -0.2) is 13.4 Å². The summed E-state index contributed by atoms with van der Waals surface area (Å²) < 4.78 is 27.8. The van der Waals surface area contributed by atoms with Gasteiger partial charge >= 0.3 is 0 Å². The van der Waals surface area contributed by atoms with Crippen molar-refractivity contribution in [2.75, 3.05) is 4.72 Å². The fraction of sp³-hybridized carbons (Fsp3) is 0.167. The molecule has 0 atom stereocenters. The molecule has 0 unspecified atom stereocenters. The normalized spacial score (nSPS) is 11.3. The molecule has 0 bridgehead atoms. The molecule has 2 aromatic rings. The van der Waals surface area contributed by atoms with E-state index >= 15 is 0 Å². The predicted molar refractivity (Wildman–Crippen MR) is 75.1 cm³/mol. The molecule has 0 radical (unpaired) electrons. The zero-order valence-electron chi connectivity index (χ0n) is 10.7. The highest BCUT2D eigenvalue weighted by Crippen LogP contribution is 2.16. The Morgan fingerprint density at radius 1 is 1.42 bits per heavy atom. The van der Waals surface area contributed by atoms with Gasteiger partial charge in [0, 0.05) is 20.9 Å². The Kier molecular flexibility index (Phi) is 3.39. The van der Waals surface area contributed by atoms with Gasteiger partial charge in [0.1, 0.15) is 10.7 Å². The average Bonchev–Trinajstić information content (AvgIpc) is 2.77. The number of hydrogen-bond donors (Lipinski definition) is 1. The molecule has 0 aliphatic carbocycles. The van der Waals surface area contributed by atoms with Crippen LogP contribution in [0.15, 0.2) is 42.2 Å². The van der Waals surface area contributed by atoms with E-state index in [1.807, 2.05) is 6.92 Å². The molecule has 0 fully saturated rings. The van der Waals surface area contributed by atoms with Gasteiger partial charge in [-0.1, -0.05) is 6.58 Å². The third-order valence-electron chi connectivity index (χ3n) is 2.49. The van der Waals surface area contributed by atoms with Gasteiger partial charge in [-0.3, -0.25) is 9.40 Å². The maximum absolute atomic E-state index is 12.0. The standard InChI is InChI=1S/C12H14N4O2S.H2/c1-9(2)10-4-5-12(13-6-10)15-19(17,18)11-7-14-16(3)8-11;/h4-8H,1H2,2-3H3,(H,13,15);1H. The van der Waals surface area contributed by atoms with Crippen LogP contribution < -0.4 is 4.72 Å². The fourth-order valence-corrected chi connectivity index (χ4v) is 2.43. The van der Waals surface area contributed by atoms with Gasteiger partial charge in [-0.15, -0.1) is 0 Å². The molecular formula is C12H16N4O2S. The number of aryl methyl sites for hydroxylation is 1. The van der Waals surface area contributed by atoms with Gasteiger partial charge in [0.2, 0.25) is 0 Å². The largest absolute Gasteiger partial charge is 0.274 e. The van der Waals surface area contributed by atoms with Crippen LogP contribution in [0.2, 0.25) is 0 Å². The van der Waals surface area contributed by atoms with Gasteiger partial charge in [-0.05, 0) is 30.2 Å². The van der Waals surface area contributed by atoms with E-state index in [-0.39, 0.29) is 12.1 Å². The van der Waals surface area contributed by atoms with E-state index in [0.29, 0.717) is 0 Å². The Hall–Kier alpha value is -2.15. The topological polar surface area (TPSA) is 76.9 Å². The van der Waals surface area contributed by atoms with Crippen LogP contribution >= 0.6 is 0 Å². The van der Waals surface area contributed by atoms with Crippen LogP contribution in [0.25, 0.3) is 5.57 Å². The molecule has 7 heteroatoms. The smallest absolute Gasteiger partial charge is 0.266 e. The van der Waals surface area contributed by atoms with Crippen molar-refractivity contribution < 1.29 is 9.84 Å². The zero-order chi connectivity index (χ0) is 14.0. The Morgan fingerprint density at radius 2 is 2.16 bits per heavy atom. The lowest BCUT2D eigenvalue weighted by Gasteiger charge is -2.06.